The molecule has 1 N–H and O–H groups in total. The van der Waals surface area contributed by atoms with E-state index in [9.17, 15) is 26.3 Å². The lowest BCUT2D eigenvalue weighted by Gasteiger charge is -2.42. The number of benzene rings is 1. The van der Waals surface area contributed by atoms with Crippen molar-refractivity contribution in [2.24, 2.45) is 5.92 Å². The molecule has 0 aromatic heterocycles. The van der Waals surface area contributed by atoms with Crippen LogP contribution in [0.1, 0.15) is 54.8 Å². The molecule has 0 amide bonds. The molecule has 0 radical (unpaired) electrons. The molecule has 2 fully saturated rings. The van der Waals surface area contributed by atoms with E-state index in [1.54, 1.807) is 0 Å². The minimum absolute atomic E-state index is 0. The topological polar surface area (TPSA) is 24.5 Å². The average Bonchev–Trinajstić information content (AvgIpc) is 2.68. The number of halogens is 7. The molecule has 1 heterocycles. The van der Waals surface area contributed by atoms with Gasteiger partial charge < -0.3 is 10.1 Å². The van der Waals surface area contributed by atoms with Crippen LogP contribution in [0.4, 0.5) is 26.3 Å². The van der Waals surface area contributed by atoms with Crippen LogP contribution in [0.2, 0.25) is 0 Å². The zero-order valence-corrected chi connectivity index (χ0v) is 17.5. The minimum Gasteiger partial charge on any atom is -0.496 e. The van der Waals surface area contributed by atoms with Gasteiger partial charge in [0.05, 0.1) is 18.2 Å². The monoisotopic (exact) mass is 460 g/mol. The Bertz CT molecular complexity index is 680. The molecule has 3 nitrogen and oxygen atoms in total. The predicted molar refractivity (Wildman–Crippen MR) is 104 cm³/mol. The fourth-order valence-electron chi connectivity index (χ4n) is 4.63. The van der Waals surface area contributed by atoms with Gasteiger partial charge in [0.15, 0.2) is 0 Å². The lowest BCUT2D eigenvalue weighted by molar-refractivity contribution is -0.144. The highest BCUT2D eigenvalue weighted by Gasteiger charge is 2.44. The molecule has 2 aliphatic rings. The molecular weight excluding hydrogens is 434 g/mol. The molecule has 1 aliphatic heterocycles. The molecule has 1 aromatic rings. The first kappa shape index (κ1) is 25.1. The first-order chi connectivity index (χ1) is 13.6. The van der Waals surface area contributed by atoms with E-state index in [-0.39, 0.29) is 35.7 Å². The number of alkyl halides is 6. The Hall–Kier alpha value is -1.19. The van der Waals surface area contributed by atoms with Gasteiger partial charge in [-0.25, -0.2) is 0 Å². The van der Waals surface area contributed by atoms with Gasteiger partial charge in [0.25, 0.3) is 0 Å². The van der Waals surface area contributed by atoms with Crippen LogP contribution in [0, 0.1) is 5.92 Å². The fraction of sp³-hybridized carbons (Fsp3) is 0.700. The number of hydrogen-bond acceptors (Lipinski definition) is 3. The van der Waals surface area contributed by atoms with Gasteiger partial charge in [-0.3, -0.25) is 4.90 Å². The third kappa shape index (κ3) is 5.53. The van der Waals surface area contributed by atoms with Crippen molar-refractivity contribution >= 4 is 12.4 Å². The lowest BCUT2D eigenvalue weighted by Crippen LogP contribution is -2.47. The highest BCUT2D eigenvalue weighted by molar-refractivity contribution is 5.85. The Morgan fingerprint density at radius 2 is 1.57 bits per heavy atom. The molecule has 0 bridgehead atoms. The maximum Gasteiger partial charge on any atom is 0.416 e. The quantitative estimate of drug-likeness (QED) is 0.585. The van der Waals surface area contributed by atoms with Crippen molar-refractivity contribution < 1.29 is 31.1 Å². The highest BCUT2D eigenvalue weighted by Crippen LogP contribution is 2.49. The molecule has 30 heavy (non-hydrogen) atoms. The summed E-state index contributed by atoms with van der Waals surface area (Å²) in [6, 6.07) is 0.338. The molecule has 1 atom stereocenters. The Balaban J connectivity index is 0.00000320. The summed E-state index contributed by atoms with van der Waals surface area (Å²) in [5.74, 6) is -0.380. The van der Waals surface area contributed by atoms with E-state index in [1.807, 2.05) is 4.90 Å². The molecule has 1 aromatic carbocycles. The molecule has 3 rings (SSSR count). The third-order valence-electron chi connectivity index (χ3n) is 5.93. The van der Waals surface area contributed by atoms with Crippen molar-refractivity contribution in [3.63, 3.8) is 0 Å². The fourth-order valence-corrected chi connectivity index (χ4v) is 4.63. The smallest absolute Gasteiger partial charge is 0.416 e. The van der Waals surface area contributed by atoms with Crippen LogP contribution in [0.5, 0.6) is 5.75 Å². The van der Waals surface area contributed by atoms with Crippen molar-refractivity contribution in [2.45, 2.75) is 50.5 Å². The van der Waals surface area contributed by atoms with Crippen molar-refractivity contribution in [3.8, 4) is 5.75 Å². The maximum atomic E-state index is 14.0. The predicted octanol–water partition coefficient (Wildman–Crippen LogP) is 5.68. The second-order valence-electron chi connectivity index (χ2n) is 7.76. The second kappa shape index (κ2) is 9.96. The zero-order valence-electron chi connectivity index (χ0n) is 16.7. The first-order valence-corrected chi connectivity index (χ1v) is 9.94. The Kier molecular flexibility index (Phi) is 8.32. The largest absolute Gasteiger partial charge is 0.496 e. The standard InChI is InChI=1S/C20H26F6N2O.ClH/c1-29-16-12-14(19(21,22)23)11-15(20(24,25)26)17(16)18(13-5-3-2-4-6-13)28-9-7-27-8-10-28;/h11-13,18,27H,2-10H2,1H3;1H/t18-;/m0./s1. The van der Waals surface area contributed by atoms with Gasteiger partial charge in [-0.05, 0) is 30.9 Å². The number of nitrogens with one attached hydrogen (secondary N) is 1. The summed E-state index contributed by atoms with van der Waals surface area (Å²) >= 11 is 0. The van der Waals surface area contributed by atoms with Crippen LogP contribution in [0.3, 0.4) is 0 Å². The normalized spacial score (nSPS) is 20.5. The van der Waals surface area contributed by atoms with Crippen molar-refractivity contribution in [1.29, 1.82) is 0 Å². The summed E-state index contributed by atoms with van der Waals surface area (Å²) in [5, 5.41) is 3.18. The Morgan fingerprint density at radius 3 is 2.07 bits per heavy atom. The summed E-state index contributed by atoms with van der Waals surface area (Å²) in [5.41, 5.74) is -2.73. The Labute approximate surface area is 178 Å². The van der Waals surface area contributed by atoms with Gasteiger partial charge in [-0.2, -0.15) is 26.3 Å². The van der Waals surface area contributed by atoms with Gasteiger partial charge in [-0.15, -0.1) is 12.4 Å². The summed E-state index contributed by atoms with van der Waals surface area (Å²) < 4.78 is 86.9. The molecule has 0 spiro atoms. The maximum absolute atomic E-state index is 14.0. The van der Waals surface area contributed by atoms with Crippen molar-refractivity contribution in [2.75, 3.05) is 33.3 Å². The van der Waals surface area contributed by atoms with E-state index in [0.29, 0.717) is 32.2 Å². The van der Waals surface area contributed by atoms with E-state index in [2.05, 4.69) is 5.32 Å². The van der Waals surface area contributed by atoms with E-state index in [1.165, 1.54) is 0 Å². The second-order valence-corrected chi connectivity index (χ2v) is 7.76. The number of piperazine rings is 1. The van der Waals surface area contributed by atoms with E-state index in [4.69, 9.17) is 4.74 Å². The molecule has 10 heteroatoms. The van der Waals surface area contributed by atoms with Crippen LogP contribution in [-0.4, -0.2) is 38.2 Å². The third-order valence-corrected chi connectivity index (χ3v) is 5.93. The molecule has 1 aliphatic carbocycles. The first-order valence-electron chi connectivity index (χ1n) is 9.94. The molecule has 1 saturated carbocycles. The van der Waals surface area contributed by atoms with Crippen molar-refractivity contribution in [3.05, 3.63) is 28.8 Å². The van der Waals surface area contributed by atoms with Gasteiger partial charge in [0, 0.05) is 37.8 Å². The summed E-state index contributed by atoms with van der Waals surface area (Å²) in [6.45, 7) is 2.35. The van der Waals surface area contributed by atoms with Gasteiger partial charge in [0.2, 0.25) is 0 Å². The number of hydrogen-bond donors (Lipinski definition) is 1. The van der Waals surface area contributed by atoms with Gasteiger partial charge in [-0.1, -0.05) is 19.3 Å². The van der Waals surface area contributed by atoms with Crippen molar-refractivity contribution in [1.82, 2.24) is 10.2 Å². The molecule has 172 valence electrons. The zero-order chi connectivity index (χ0) is 21.2. The van der Waals surface area contributed by atoms with E-state index in [0.717, 1.165) is 39.2 Å². The molecule has 0 unspecified atom stereocenters. The van der Waals surface area contributed by atoms with E-state index < -0.39 is 29.5 Å². The number of nitrogens with zero attached hydrogens (tertiary/aromatic N) is 1. The molecular formula is C20H27ClF6N2O. The Morgan fingerprint density at radius 1 is 0.967 bits per heavy atom. The summed E-state index contributed by atoms with van der Waals surface area (Å²) in [7, 11) is 1.13. The summed E-state index contributed by atoms with van der Waals surface area (Å²) in [6.07, 6.45) is -5.42. The summed E-state index contributed by atoms with van der Waals surface area (Å²) in [4.78, 5) is 1.98. The van der Waals surface area contributed by atoms with Crippen LogP contribution in [0.15, 0.2) is 12.1 Å². The van der Waals surface area contributed by atoms with Gasteiger partial charge >= 0.3 is 12.4 Å². The average molecular weight is 461 g/mol. The van der Waals surface area contributed by atoms with E-state index >= 15 is 0 Å². The minimum atomic E-state index is -4.91. The number of ether oxygens (including phenoxy) is 1. The van der Waals surface area contributed by atoms with Crippen LogP contribution >= 0.6 is 12.4 Å². The number of methoxy groups -OCH3 is 1. The van der Waals surface area contributed by atoms with Crippen LogP contribution in [-0.2, 0) is 12.4 Å². The van der Waals surface area contributed by atoms with Crippen LogP contribution in [0.25, 0.3) is 0 Å². The van der Waals surface area contributed by atoms with Crippen LogP contribution < -0.4 is 10.1 Å². The number of rotatable bonds is 4. The highest BCUT2D eigenvalue weighted by atomic mass is 35.5. The SMILES string of the molecule is COc1cc(C(F)(F)F)cc(C(F)(F)F)c1[C@H](C1CCCCC1)N1CCNCC1.Cl. The lowest BCUT2D eigenvalue weighted by atomic mass is 9.78. The molecule has 1 saturated heterocycles. The van der Waals surface area contributed by atoms with Gasteiger partial charge in [0.1, 0.15) is 5.75 Å².